The predicted molar refractivity (Wildman–Crippen MR) is 99.9 cm³/mol. The van der Waals surface area contributed by atoms with Crippen molar-refractivity contribution in [2.24, 2.45) is 0 Å². The maximum absolute atomic E-state index is 12.6. The zero-order valence-corrected chi connectivity index (χ0v) is 14.5. The summed E-state index contributed by atoms with van der Waals surface area (Å²) < 4.78 is 0. The van der Waals surface area contributed by atoms with Gasteiger partial charge in [-0.05, 0) is 17.7 Å². The fourth-order valence-electron chi connectivity index (χ4n) is 2.53. The van der Waals surface area contributed by atoms with Crippen molar-refractivity contribution in [1.82, 2.24) is 15.5 Å². The number of halogens is 1. The summed E-state index contributed by atoms with van der Waals surface area (Å²) in [4.78, 5) is 24.9. The van der Waals surface area contributed by atoms with E-state index in [1.807, 2.05) is 30.3 Å². The van der Waals surface area contributed by atoms with Gasteiger partial charge in [-0.15, -0.1) is 0 Å². The third kappa shape index (κ3) is 4.49. The van der Waals surface area contributed by atoms with E-state index in [1.165, 1.54) is 0 Å². The Balaban J connectivity index is 1.76. The Kier molecular flexibility index (Phi) is 5.66. The van der Waals surface area contributed by atoms with Gasteiger partial charge < -0.3 is 10.6 Å². The molecular weight excluding hydrogens is 352 g/mol. The monoisotopic (exact) mass is 368 g/mol. The predicted octanol–water partition coefficient (Wildman–Crippen LogP) is 3.56. The van der Waals surface area contributed by atoms with Crippen LogP contribution < -0.4 is 10.6 Å². The second-order valence-electron chi connectivity index (χ2n) is 5.64. The van der Waals surface area contributed by atoms with E-state index in [9.17, 15) is 9.59 Å². The molecule has 3 N–H and O–H groups in total. The largest absolute Gasteiger partial charge is 0.345 e. The Morgan fingerprint density at radius 3 is 2.46 bits per heavy atom. The number of hydrogen-bond acceptors (Lipinski definition) is 3. The standard InChI is InChI=1S/C19H17ClN4O2/c20-15-9-5-4-8-14(15)19(26)22-16(13-6-2-1-3-7-13)12-18(25)23-17-10-11-21-24-17/h1-11,16H,12H2,(H,22,26)(H2,21,23,24,25). The summed E-state index contributed by atoms with van der Waals surface area (Å²) in [6.45, 7) is 0. The highest BCUT2D eigenvalue weighted by Crippen LogP contribution is 2.20. The topological polar surface area (TPSA) is 86.9 Å². The van der Waals surface area contributed by atoms with Crippen molar-refractivity contribution in [1.29, 1.82) is 0 Å². The lowest BCUT2D eigenvalue weighted by atomic mass is 10.0. The molecule has 2 amide bonds. The zero-order chi connectivity index (χ0) is 18.4. The van der Waals surface area contributed by atoms with Gasteiger partial charge in [-0.1, -0.05) is 54.1 Å². The minimum absolute atomic E-state index is 0.0687. The smallest absolute Gasteiger partial charge is 0.253 e. The molecule has 3 aromatic rings. The lowest BCUT2D eigenvalue weighted by Crippen LogP contribution is -2.31. The van der Waals surface area contributed by atoms with Crippen molar-refractivity contribution in [3.8, 4) is 0 Å². The van der Waals surface area contributed by atoms with Crippen molar-refractivity contribution in [2.75, 3.05) is 5.32 Å². The van der Waals surface area contributed by atoms with Gasteiger partial charge in [0.15, 0.2) is 0 Å². The molecule has 0 saturated heterocycles. The first-order chi connectivity index (χ1) is 12.6. The maximum Gasteiger partial charge on any atom is 0.253 e. The van der Waals surface area contributed by atoms with E-state index >= 15 is 0 Å². The average Bonchev–Trinajstić information content (AvgIpc) is 3.15. The van der Waals surface area contributed by atoms with E-state index in [-0.39, 0.29) is 18.2 Å². The molecule has 2 aromatic carbocycles. The first kappa shape index (κ1) is 17.7. The first-order valence-electron chi connectivity index (χ1n) is 8.03. The molecule has 1 aromatic heterocycles. The number of H-pyrrole nitrogens is 1. The lowest BCUT2D eigenvalue weighted by Gasteiger charge is -2.19. The Morgan fingerprint density at radius 2 is 1.77 bits per heavy atom. The van der Waals surface area contributed by atoms with Crippen LogP contribution in [0.5, 0.6) is 0 Å². The molecule has 0 bridgehead atoms. The number of carbonyl (C=O) groups is 2. The molecule has 26 heavy (non-hydrogen) atoms. The molecule has 1 heterocycles. The molecular formula is C19H17ClN4O2. The average molecular weight is 369 g/mol. The van der Waals surface area contributed by atoms with Crippen LogP contribution in [0.2, 0.25) is 5.02 Å². The van der Waals surface area contributed by atoms with Crippen molar-refractivity contribution in [3.05, 3.63) is 83.0 Å². The Labute approximate surface area is 155 Å². The summed E-state index contributed by atoms with van der Waals surface area (Å²) >= 11 is 6.10. The molecule has 1 unspecified atom stereocenters. The normalized spacial score (nSPS) is 11.6. The van der Waals surface area contributed by atoms with Gasteiger partial charge in [0.2, 0.25) is 5.91 Å². The summed E-state index contributed by atoms with van der Waals surface area (Å²) in [5, 5.41) is 12.4. The van der Waals surface area contributed by atoms with Crippen LogP contribution in [-0.4, -0.2) is 22.0 Å². The van der Waals surface area contributed by atoms with Crippen LogP contribution in [0.4, 0.5) is 5.82 Å². The minimum Gasteiger partial charge on any atom is -0.345 e. The highest BCUT2D eigenvalue weighted by Gasteiger charge is 2.20. The van der Waals surface area contributed by atoms with Gasteiger partial charge in [-0.25, -0.2) is 0 Å². The number of amides is 2. The summed E-state index contributed by atoms with van der Waals surface area (Å²) in [6, 6.07) is 17.3. The number of nitrogens with one attached hydrogen (secondary N) is 3. The molecule has 1 atom stereocenters. The molecule has 0 saturated carbocycles. The van der Waals surface area contributed by atoms with Crippen molar-refractivity contribution in [2.45, 2.75) is 12.5 Å². The van der Waals surface area contributed by atoms with Crippen LogP contribution in [-0.2, 0) is 4.79 Å². The van der Waals surface area contributed by atoms with Crippen LogP contribution in [0.25, 0.3) is 0 Å². The van der Waals surface area contributed by atoms with Crippen molar-refractivity contribution >= 4 is 29.2 Å². The van der Waals surface area contributed by atoms with Gasteiger partial charge >= 0.3 is 0 Å². The van der Waals surface area contributed by atoms with Gasteiger partial charge in [-0.3, -0.25) is 14.7 Å². The summed E-state index contributed by atoms with van der Waals surface area (Å²) in [7, 11) is 0. The third-order valence-corrected chi connectivity index (χ3v) is 4.12. The van der Waals surface area contributed by atoms with Gasteiger partial charge in [0.1, 0.15) is 5.82 Å². The number of anilines is 1. The van der Waals surface area contributed by atoms with Crippen LogP contribution in [0.15, 0.2) is 66.9 Å². The molecule has 0 spiro atoms. The molecule has 7 heteroatoms. The van der Waals surface area contributed by atoms with E-state index in [4.69, 9.17) is 11.6 Å². The number of benzene rings is 2. The molecule has 0 fully saturated rings. The van der Waals surface area contributed by atoms with Crippen molar-refractivity contribution < 1.29 is 9.59 Å². The molecule has 0 aliphatic carbocycles. The molecule has 6 nitrogen and oxygen atoms in total. The second kappa shape index (κ2) is 8.31. The maximum atomic E-state index is 12.6. The van der Waals surface area contributed by atoms with Crippen LogP contribution in [0.3, 0.4) is 0 Å². The van der Waals surface area contributed by atoms with Gasteiger partial charge in [0, 0.05) is 6.07 Å². The Hall–Kier alpha value is -3.12. The fraction of sp³-hybridized carbons (Fsp3) is 0.105. The number of nitrogens with zero attached hydrogens (tertiary/aromatic N) is 1. The third-order valence-electron chi connectivity index (χ3n) is 3.79. The highest BCUT2D eigenvalue weighted by molar-refractivity contribution is 6.33. The molecule has 3 rings (SSSR count). The highest BCUT2D eigenvalue weighted by atomic mass is 35.5. The fourth-order valence-corrected chi connectivity index (χ4v) is 2.75. The van der Waals surface area contributed by atoms with E-state index in [0.29, 0.717) is 16.4 Å². The molecule has 0 radical (unpaired) electrons. The van der Waals surface area contributed by atoms with Crippen molar-refractivity contribution in [3.63, 3.8) is 0 Å². The first-order valence-corrected chi connectivity index (χ1v) is 8.41. The Bertz CT molecular complexity index is 882. The number of hydrogen-bond donors (Lipinski definition) is 3. The SMILES string of the molecule is O=C(CC(NC(=O)c1ccccc1Cl)c1ccccc1)Nc1ccn[nH]1. The van der Waals surface area contributed by atoms with Gasteiger partial charge in [0.05, 0.1) is 29.2 Å². The second-order valence-corrected chi connectivity index (χ2v) is 6.05. The molecule has 0 aliphatic heterocycles. The van der Waals surface area contributed by atoms with Crippen LogP contribution in [0, 0.1) is 0 Å². The van der Waals surface area contributed by atoms with Gasteiger partial charge in [0.25, 0.3) is 5.91 Å². The van der Waals surface area contributed by atoms with E-state index in [2.05, 4.69) is 20.8 Å². The number of rotatable bonds is 6. The quantitative estimate of drug-likeness (QED) is 0.621. The molecule has 132 valence electrons. The summed E-state index contributed by atoms with van der Waals surface area (Å²) in [6.07, 6.45) is 1.61. The number of carbonyl (C=O) groups excluding carboxylic acids is 2. The summed E-state index contributed by atoms with van der Waals surface area (Å²) in [5.74, 6) is -0.0828. The zero-order valence-electron chi connectivity index (χ0n) is 13.8. The van der Waals surface area contributed by atoms with Crippen LogP contribution in [0.1, 0.15) is 28.4 Å². The molecule has 0 aliphatic rings. The van der Waals surface area contributed by atoms with E-state index in [0.717, 1.165) is 5.56 Å². The van der Waals surface area contributed by atoms with Gasteiger partial charge in [-0.2, -0.15) is 5.10 Å². The van der Waals surface area contributed by atoms with Crippen LogP contribution >= 0.6 is 11.6 Å². The van der Waals surface area contributed by atoms with E-state index < -0.39 is 6.04 Å². The van der Waals surface area contributed by atoms with E-state index in [1.54, 1.807) is 36.5 Å². The minimum atomic E-state index is -0.497. The number of aromatic nitrogens is 2. The number of aromatic amines is 1. The lowest BCUT2D eigenvalue weighted by molar-refractivity contribution is -0.116. The summed E-state index contributed by atoms with van der Waals surface area (Å²) in [5.41, 5.74) is 1.19. The Morgan fingerprint density at radius 1 is 1.04 bits per heavy atom.